The summed E-state index contributed by atoms with van der Waals surface area (Å²) in [6.45, 7) is 4.17. The lowest BCUT2D eigenvalue weighted by Crippen LogP contribution is -2.25. The number of benzene rings is 1. The van der Waals surface area contributed by atoms with Crippen molar-refractivity contribution in [3.05, 3.63) is 23.3 Å². The van der Waals surface area contributed by atoms with Crippen LogP contribution in [0.5, 0.6) is 0 Å². The lowest BCUT2D eigenvalue weighted by molar-refractivity contribution is -0.117. The van der Waals surface area contributed by atoms with E-state index in [-0.39, 0.29) is 18.9 Å². The van der Waals surface area contributed by atoms with Crippen molar-refractivity contribution in [2.75, 3.05) is 17.2 Å². The normalized spacial score (nSPS) is 19.3. The highest BCUT2D eigenvalue weighted by Gasteiger charge is 2.35. The van der Waals surface area contributed by atoms with Crippen LogP contribution in [-0.4, -0.2) is 31.6 Å². The Morgan fingerprint density at radius 3 is 2.82 bits per heavy atom. The number of fused-ring (bicyclic) bond motifs is 1. The van der Waals surface area contributed by atoms with Crippen LogP contribution < -0.4 is 4.90 Å². The Kier molecular flexibility index (Phi) is 3.68. The van der Waals surface area contributed by atoms with E-state index in [4.69, 9.17) is 0 Å². The summed E-state index contributed by atoms with van der Waals surface area (Å²) in [6.07, 6.45) is 0.0388. The summed E-state index contributed by atoms with van der Waals surface area (Å²) in [5.41, 5.74) is 3.04. The molecule has 0 saturated carbocycles. The number of aryl methyl sites for hydroxylation is 2. The van der Waals surface area contributed by atoms with Crippen LogP contribution >= 0.6 is 11.3 Å². The first-order valence-corrected chi connectivity index (χ1v) is 9.21. The van der Waals surface area contributed by atoms with E-state index in [1.807, 2.05) is 26.0 Å². The highest BCUT2D eigenvalue weighted by molar-refractivity contribution is 7.86. The number of thiazole rings is 1. The third kappa shape index (κ3) is 2.85. The first kappa shape index (κ1) is 15.4. The fourth-order valence-corrected chi connectivity index (χ4v) is 4.53. The predicted octanol–water partition coefficient (Wildman–Crippen LogP) is 2.57. The number of aromatic nitrogens is 1. The SMILES string of the molecule is Cc1ccc2sc(N3CC(CS(=O)(=O)F)CC3=O)nc2c1C. The van der Waals surface area contributed by atoms with Crippen LogP contribution in [0.4, 0.5) is 9.02 Å². The average molecular weight is 342 g/mol. The van der Waals surface area contributed by atoms with Gasteiger partial charge < -0.3 is 0 Å². The maximum absolute atomic E-state index is 12.8. The molecule has 0 spiro atoms. The summed E-state index contributed by atoms with van der Waals surface area (Å²) < 4.78 is 35.3. The van der Waals surface area contributed by atoms with Crippen molar-refractivity contribution >= 4 is 42.8 Å². The number of hydrogen-bond acceptors (Lipinski definition) is 5. The molecule has 1 aromatic heterocycles. The number of anilines is 1. The monoisotopic (exact) mass is 342 g/mol. The molecule has 0 bridgehead atoms. The molecule has 5 nitrogen and oxygen atoms in total. The summed E-state index contributed by atoms with van der Waals surface area (Å²) in [4.78, 5) is 18.1. The number of hydrogen-bond donors (Lipinski definition) is 0. The number of carbonyl (C=O) groups is 1. The molecular formula is C14H15FN2O3S2. The minimum Gasteiger partial charge on any atom is -0.288 e. The van der Waals surface area contributed by atoms with E-state index in [0.29, 0.717) is 5.13 Å². The highest BCUT2D eigenvalue weighted by Crippen LogP contribution is 2.35. The zero-order chi connectivity index (χ0) is 16.1. The number of rotatable bonds is 3. The van der Waals surface area contributed by atoms with E-state index >= 15 is 0 Å². The van der Waals surface area contributed by atoms with Gasteiger partial charge in [-0.1, -0.05) is 17.4 Å². The molecule has 22 heavy (non-hydrogen) atoms. The Balaban J connectivity index is 1.91. The average Bonchev–Trinajstić information content (AvgIpc) is 2.96. The van der Waals surface area contributed by atoms with Gasteiger partial charge >= 0.3 is 10.2 Å². The van der Waals surface area contributed by atoms with E-state index in [0.717, 1.165) is 21.3 Å². The number of halogens is 1. The van der Waals surface area contributed by atoms with Crippen molar-refractivity contribution < 1.29 is 17.1 Å². The van der Waals surface area contributed by atoms with Gasteiger partial charge in [0.2, 0.25) is 5.91 Å². The van der Waals surface area contributed by atoms with Crippen molar-refractivity contribution in [1.82, 2.24) is 4.98 Å². The van der Waals surface area contributed by atoms with Gasteiger partial charge in [-0.05, 0) is 31.0 Å². The third-order valence-corrected chi connectivity index (χ3v) is 5.86. The number of nitrogens with zero attached hydrogens (tertiary/aromatic N) is 2. The van der Waals surface area contributed by atoms with Gasteiger partial charge in [-0.2, -0.15) is 8.42 Å². The zero-order valence-corrected chi connectivity index (χ0v) is 13.8. The summed E-state index contributed by atoms with van der Waals surface area (Å²) >= 11 is 1.39. The molecule has 0 N–H and O–H groups in total. The largest absolute Gasteiger partial charge is 0.302 e. The summed E-state index contributed by atoms with van der Waals surface area (Å²) in [7, 11) is -4.57. The lowest BCUT2D eigenvalue weighted by atomic mass is 10.1. The van der Waals surface area contributed by atoms with E-state index in [1.54, 1.807) is 0 Å². The molecule has 1 aromatic carbocycles. The van der Waals surface area contributed by atoms with Crippen molar-refractivity contribution in [3.8, 4) is 0 Å². The van der Waals surface area contributed by atoms with Crippen LogP contribution in [0, 0.1) is 19.8 Å². The molecule has 3 rings (SSSR count). The molecule has 1 fully saturated rings. The molecule has 2 heterocycles. The number of amides is 1. The van der Waals surface area contributed by atoms with Crippen molar-refractivity contribution in [2.24, 2.45) is 5.92 Å². The Morgan fingerprint density at radius 1 is 1.41 bits per heavy atom. The second-order valence-corrected chi connectivity index (χ2v) is 8.05. The second-order valence-electron chi connectivity index (χ2n) is 5.63. The lowest BCUT2D eigenvalue weighted by Gasteiger charge is -2.11. The quantitative estimate of drug-likeness (QED) is 0.804. The van der Waals surface area contributed by atoms with Gasteiger partial charge in [0.25, 0.3) is 0 Å². The standard InChI is InChI=1S/C14H15FN2O3S2/c1-8-3-4-11-13(9(8)2)16-14(21-11)17-6-10(5-12(17)18)7-22(15,19)20/h3-4,10H,5-7H2,1-2H3. The molecule has 1 unspecified atom stereocenters. The van der Waals surface area contributed by atoms with Gasteiger partial charge in [-0.3, -0.25) is 9.69 Å². The molecule has 0 aliphatic carbocycles. The summed E-state index contributed by atoms with van der Waals surface area (Å²) in [6, 6.07) is 3.97. The minimum atomic E-state index is -4.57. The third-order valence-electron chi connectivity index (χ3n) is 3.94. The van der Waals surface area contributed by atoms with Crippen LogP contribution in [0.3, 0.4) is 0 Å². The smallest absolute Gasteiger partial charge is 0.288 e. The molecular weight excluding hydrogens is 327 g/mol. The van der Waals surface area contributed by atoms with Gasteiger partial charge in [-0.25, -0.2) is 4.98 Å². The first-order chi connectivity index (χ1) is 10.2. The van der Waals surface area contributed by atoms with Gasteiger partial charge in [0.1, 0.15) is 0 Å². The van der Waals surface area contributed by atoms with Crippen LogP contribution in [0.25, 0.3) is 10.2 Å². The molecule has 8 heteroatoms. The topological polar surface area (TPSA) is 67.3 Å². The van der Waals surface area contributed by atoms with E-state index in [9.17, 15) is 17.1 Å². The van der Waals surface area contributed by atoms with Crippen LogP contribution in [0.1, 0.15) is 17.5 Å². The molecule has 0 radical (unpaired) electrons. The van der Waals surface area contributed by atoms with E-state index < -0.39 is 21.9 Å². The highest BCUT2D eigenvalue weighted by atomic mass is 32.3. The fraction of sp³-hybridized carbons (Fsp3) is 0.429. The Bertz CT molecular complexity index is 860. The molecule has 1 aliphatic rings. The first-order valence-electron chi connectivity index (χ1n) is 6.84. The predicted molar refractivity (Wildman–Crippen MR) is 84.4 cm³/mol. The molecule has 1 amide bonds. The van der Waals surface area contributed by atoms with Gasteiger partial charge in [0.05, 0.1) is 16.0 Å². The van der Waals surface area contributed by atoms with Gasteiger partial charge in [0.15, 0.2) is 5.13 Å². The fourth-order valence-electron chi connectivity index (χ4n) is 2.69. The Hall–Kier alpha value is -1.54. The second kappa shape index (κ2) is 5.27. The maximum Gasteiger partial charge on any atom is 0.302 e. The van der Waals surface area contributed by atoms with Gasteiger partial charge in [-0.15, -0.1) is 3.89 Å². The zero-order valence-electron chi connectivity index (χ0n) is 12.2. The van der Waals surface area contributed by atoms with Crippen molar-refractivity contribution in [1.29, 1.82) is 0 Å². The Labute approximate surface area is 132 Å². The van der Waals surface area contributed by atoms with E-state index in [1.165, 1.54) is 16.2 Å². The summed E-state index contributed by atoms with van der Waals surface area (Å²) in [5, 5.41) is 0.549. The van der Waals surface area contributed by atoms with Crippen molar-refractivity contribution in [2.45, 2.75) is 20.3 Å². The van der Waals surface area contributed by atoms with Crippen LogP contribution in [-0.2, 0) is 15.0 Å². The summed E-state index contributed by atoms with van der Waals surface area (Å²) in [5.74, 6) is -1.34. The minimum absolute atomic E-state index is 0.0388. The Morgan fingerprint density at radius 2 is 2.14 bits per heavy atom. The van der Waals surface area contributed by atoms with Gasteiger partial charge in [0, 0.05) is 18.9 Å². The molecule has 1 atom stereocenters. The molecule has 2 aromatic rings. The number of carbonyl (C=O) groups excluding carboxylic acids is 1. The molecule has 1 saturated heterocycles. The maximum atomic E-state index is 12.8. The molecule has 118 valence electrons. The molecule has 1 aliphatic heterocycles. The van der Waals surface area contributed by atoms with Crippen LogP contribution in [0.15, 0.2) is 12.1 Å². The van der Waals surface area contributed by atoms with E-state index in [2.05, 4.69) is 4.98 Å². The van der Waals surface area contributed by atoms with Crippen LogP contribution in [0.2, 0.25) is 0 Å². The van der Waals surface area contributed by atoms with Crippen molar-refractivity contribution in [3.63, 3.8) is 0 Å².